The van der Waals surface area contributed by atoms with Crippen LogP contribution >= 0.6 is 0 Å². The molecule has 0 bridgehead atoms. The summed E-state index contributed by atoms with van der Waals surface area (Å²) in [5.41, 5.74) is 7.00. The first-order valence-corrected chi connectivity index (χ1v) is 5.78. The Labute approximate surface area is 91.1 Å². The topological polar surface area (TPSA) is 51.8 Å². The molecule has 1 aromatic rings. The Kier molecular flexibility index (Phi) is 3.00. The molecule has 82 valence electrons. The lowest BCUT2D eigenvalue weighted by Crippen LogP contribution is -2.22. The fraction of sp³-hybridized carbons (Fsp3) is 0.667. The van der Waals surface area contributed by atoms with Crippen molar-refractivity contribution in [2.45, 2.75) is 45.1 Å². The summed E-state index contributed by atoms with van der Waals surface area (Å²) in [5.74, 6) is 2.38. The third-order valence-corrected chi connectivity index (χ3v) is 3.17. The number of aromatic nitrogens is 2. The van der Waals surface area contributed by atoms with Gasteiger partial charge in [0, 0.05) is 30.3 Å². The SMILES string of the molecule is CCC(N)Cc1ccnc(C2CC2C)n1. The minimum absolute atomic E-state index is 0.226. The number of nitrogens with zero attached hydrogens (tertiary/aromatic N) is 2. The van der Waals surface area contributed by atoms with Gasteiger partial charge in [0.25, 0.3) is 0 Å². The summed E-state index contributed by atoms with van der Waals surface area (Å²) in [6, 6.07) is 2.20. The van der Waals surface area contributed by atoms with Gasteiger partial charge in [-0.1, -0.05) is 13.8 Å². The number of nitrogens with two attached hydrogens (primary N) is 1. The van der Waals surface area contributed by atoms with E-state index in [1.54, 1.807) is 0 Å². The maximum absolute atomic E-state index is 5.91. The fourth-order valence-electron chi connectivity index (χ4n) is 1.80. The van der Waals surface area contributed by atoms with Crippen LogP contribution in [0.3, 0.4) is 0 Å². The second-order valence-electron chi connectivity index (χ2n) is 4.60. The molecule has 0 aromatic carbocycles. The van der Waals surface area contributed by atoms with Crippen molar-refractivity contribution in [3.63, 3.8) is 0 Å². The second kappa shape index (κ2) is 4.27. The van der Waals surface area contributed by atoms with Crippen molar-refractivity contribution in [1.82, 2.24) is 9.97 Å². The van der Waals surface area contributed by atoms with Crippen molar-refractivity contribution in [3.8, 4) is 0 Å². The maximum atomic E-state index is 5.91. The highest BCUT2D eigenvalue weighted by Gasteiger charge is 2.36. The van der Waals surface area contributed by atoms with E-state index in [0.717, 1.165) is 30.3 Å². The van der Waals surface area contributed by atoms with Crippen molar-refractivity contribution in [1.29, 1.82) is 0 Å². The molecule has 0 amide bonds. The van der Waals surface area contributed by atoms with E-state index in [2.05, 4.69) is 23.8 Å². The predicted molar refractivity (Wildman–Crippen MR) is 60.5 cm³/mol. The molecule has 3 heteroatoms. The fourth-order valence-corrected chi connectivity index (χ4v) is 1.80. The van der Waals surface area contributed by atoms with E-state index in [9.17, 15) is 0 Å². The lowest BCUT2D eigenvalue weighted by Gasteiger charge is -2.08. The Hall–Kier alpha value is -0.960. The summed E-state index contributed by atoms with van der Waals surface area (Å²) < 4.78 is 0. The van der Waals surface area contributed by atoms with E-state index >= 15 is 0 Å². The van der Waals surface area contributed by atoms with Crippen LogP contribution in [0.25, 0.3) is 0 Å². The van der Waals surface area contributed by atoms with Gasteiger partial charge in [-0.25, -0.2) is 9.97 Å². The normalized spacial score (nSPS) is 26.3. The van der Waals surface area contributed by atoms with Crippen molar-refractivity contribution in [3.05, 3.63) is 23.8 Å². The zero-order valence-electron chi connectivity index (χ0n) is 9.48. The molecule has 1 aliphatic rings. The summed E-state index contributed by atoms with van der Waals surface area (Å²) in [6.45, 7) is 4.36. The van der Waals surface area contributed by atoms with Crippen molar-refractivity contribution in [2.75, 3.05) is 0 Å². The van der Waals surface area contributed by atoms with Crippen LogP contribution in [0.2, 0.25) is 0 Å². The highest BCUT2D eigenvalue weighted by atomic mass is 14.9. The molecule has 3 atom stereocenters. The van der Waals surface area contributed by atoms with Crippen LogP contribution in [0, 0.1) is 5.92 Å². The van der Waals surface area contributed by atoms with Crippen LogP contribution < -0.4 is 5.73 Å². The van der Waals surface area contributed by atoms with Crippen LogP contribution in [0.4, 0.5) is 0 Å². The average Bonchev–Trinajstić information content (AvgIpc) is 2.96. The summed E-state index contributed by atoms with van der Waals surface area (Å²) in [5, 5.41) is 0. The van der Waals surface area contributed by atoms with E-state index in [4.69, 9.17) is 5.73 Å². The van der Waals surface area contributed by atoms with Crippen LogP contribution in [0.1, 0.15) is 44.1 Å². The lowest BCUT2D eigenvalue weighted by atomic mass is 10.1. The molecule has 1 fully saturated rings. The van der Waals surface area contributed by atoms with Gasteiger partial charge < -0.3 is 5.73 Å². The average molecular weight is 205 g/mol. The first-order valence-electron chi connectivity index (χ1n) is 5.78. The molecule has 0 saturated heterocycles. The van der Waals surface area contributed by atoms with Crippen LogP contribution in [0.5, 0.6) is 0 Å². The van der Waals surface area contributed by atoms with E-state index < -0.39 is 0 Å². The summed E-state index contributed by atoms with van der Waals surface area (Å²) >= 11 is 0. The van der Waals surface area contributed by atoms with Crippen LogP contribution in [0.15, 0.2) is 12.3 Å². The Balaban J connectivity index is 2.06. The van der Waals surface area contributed by atoms with Gasteiger partial charge in [0.1, 0.15) is 5.82 Å². The Morgan fingerprint density at radius 3 is 2.93 bits per heavy atom. The van der Waals surface area contributed by atoms with Gasteiger partial charge in [0.05, 0.1) is 0 Å². The van der Waals surface area contributed by atoms with Crippen LogP contribution in [-0.2, 0) is 6.42 Å². The van der Waals surface area contributed by atoms with Crippen LogP contribution in [-0.4, -0.2) is 16.0 Å². The number of hydrogen-bond acceptors (Lipinski definition) is 3. The Morgan fingerprint density at radius 1 is 1.60 bits per heavy atom. The molecule has 1 aliphatic carbocycles. The zero-order valence-corrected chi connectivity index (χ0v) is 9.48. The molecule has 1 saturated carbocycles. The highest BCUT2D eigenvalue weighted by molar-refractivity contribution is 5.13. The van der Waals surface area contributed by atoms with Gasteiger partial charge in [0.2, 0.25) is 0 Å². The van der Waals surface area contributed by atoms with E-state index in [1.165, 1.54) is 6.42 Å². The molecule has 1 heterocycles. The summed E-state index contributed by atoms with van der Waals surface area (Å²) in [4.78, 5) is 8.91. The molecule has 2 rings (SSSR count). The minimum Gasteiger partial charge on any atom is -0.327 e. The van der Waals surface area contributed by atoms with Gasteiger partial charge in [-0.3, -0.25) is 0 Å². The van der Waals surface area contributed by atoms with Gasteiger partial charge in [-0.05, 0) is 24.8 Å². The lowest BCUT2D eigenvalue weighted by molar-refractivity contribution is 0.631. The quantitative estimate of drug-likeness (QED) is 0.816. The third-order valence-electron chi connectivity index (χ3n) is 3.17. The Bertz CT molecular complexity index is 337. The van der Waals surface area contributed by atoms with Crippen molar-refractivity contribution in [2.24, 2.45) is 11.7 Å². The molecular weight excluding hydrogens is 186 g/mol. The highest BCUT2D eigenvalue weighted by Crippen LogP contribution is 2.45. The standard InChI is InChI=1S/C12H19N3/c1-3-9(13)7-10-4-5-14-12(15-10)11-6-8(11)2/h4-5,8-9,11H,3,6-7,13H2,1-2H3. The van der Waals surface area contributed by atoms with Gasteiger partial charge in [-0.15, -0.1) is 0 Å². The monoisotopic (exact) mass is 205 g/mol. The summed E-state index contributed by atoms with van der Waals surface area (Å²) in [7, 11) is 0. The van der Waals surface area contributed by atoms with E-state index in [0.29, 0.717) is 5.92 Å². The third kappa shape index (κ3) is 2.53. The van der Waals surface area contributed by atoms with Gasteiger partial charge in [-0.2, -0.15) is 0 Å². The largest absolute Gasteiger partial charge is 0.327 e. The summed E-state index contributed by atoms with van der Waals surface area (Å²) in [6.07, 6.45) is 4.97. The first-order chi connectivity index (χ1) is 7.20. The maximum Gasteiger partial charge on any atom is 0.131 e. The molecule has 3 nitrogen and oxygen atoms in total. The molecule has 3 unspecified atom stereocenters. The molecular formula is C12H19N3. The predicted octanol–water partition coefficient (Wildman–Crippen LogP) is 1.88. The smallest absolute Gasteiger partial charge is 0.131 e. The Morgan fingerprint density at radius 2 is 2.33 bits per heavy atom. The van der Waals surface area contributed by atoms with Crippen molar-refractivity contribution < 1.29 is 0 Å². The van der Waals surface area contributed by atoms with Crippen molar-refractivity contribution >= 4 is 0 Å². The zero-order chi connectivity index (χ0) is 10.8. The molecule has 2 N–H and O–H groups in total. The molecule has 0 radical (unpaired) electrons. The second-order valence-corrected chi connectivity index (χ2v) is 4.60. The van der Waals surface area contributed by atoms with Gasteiger partial charge in [0.15, 0.2) is 0 Å². The minimum atomic E-state index is 0.226. The molecule has 1 aromatic heterocycles. The first kappa shape index (κ1) is 10.6. The van der Waals surface area contributed by atoms with E-state index in [-0.39, 0.29) is 6.04 Å². The molecule has 15 heavy (non-hydrogen) atoms. The number of hydrogen-bond donors (Lipinski definition) is 1. The van der Waals surface area contributed by atoms with Gasteiger partial charge >= 0.3 is 0 Å². The molecule has 0 spiro atoms. The molecule has 0 aliphatic heterocycles. The van der Waals surface area contributed by atoms with E-state index in [1.807, 2.05) is 12.3 Å². The number of rotatable bonds is 4.